The predicted octanol–water partition coefficient (Wildman–Crippen LogP) is 2.80. The van der Waals surface area contributed by atoms with Crippen LogP contribution in [0.4, 0.5) is 8.78 Å². The first kappa shape index (κ1) is 22.5. The summed E-state index contributed by atoms with van der Waals surface area (Å²) in [5, 5.41) is 11.1. The third kappa shape index (κ3) is 4.08. The van der Waals surface area contributed by atoms with Gasteiger partial charge in [0, 0.05) is 32.7 Å². The molecule has 0 spiro atoms. The van der Waals surface area contributed by atoms with Gasteiger partial charge >= 0.3 is 5.97 Å². The third-order valence-corrected chi connectivity index (χ3v) is 3.97. The molecule has 4 nitrogen and oxygen atoms in total. The van der Waals surface area contributed by atoms with Gasteiger partial charge in [-0.1, -0.05) is 0 Å². The molecule has 0 saturated carbocycles. The Labute approximate surface area is 175 Å². The van der Waals surface area contributed by atoms with E-state index in [2.05, 4.69) is 10.8 Å². The maximum atomic E-state index is 14.5. The molecule has 1 N–H and O–H groups in total. The second-order valence-electron chi connectivity index (χ2n) is 5.74. The maximum Gasteiger partial charge on any atom is 0.343 e. The number of hydrogen-bond donors (Lipinski definition) is 1. The van der Waals surface area contributed by atoms with E-state index in [0.29, 0.717) is 0 Å². The van der Waals surface area contributed by atoms with Crippen molar-refractivity contribution < 1.29 is 60.9 Å². The molecule has 26 heavy (non-hydrogen) atoms. The van der Waals surface area contributed by atoms with E-state index in [1.165, 1.54) is 31.2 Å². The van der Waals surface area contributed by atoms with Crippen molar-refractivity contribution in [1.29, 1.82) is 0 Å². The number of aliphatic hydroxyl groups is 1. The summed E-state index contributed by atoms with van der Waals surface area (Å²) in [5.74, 6) is -5.82. The minimum atomic E-state index is -2.86. The molecule has 0 aromatic heterocycles. The number of hydrogen-bond acceptors (Lipinski definition) is 4. The first-order valence-corrected chi connectivity index (χ1v) is 7.46. The van der Waals surface area contributed by atoms with Crippen LogP contribution in [0.15, 0.2) is 36.4 Å². The van der Waals surface area contributed by atoms with Crippen molar-refractivity contribution in [2.24, 2.45) is 0 Å². The van der Waals surface area contributed by atoms with E-state index in [4.69, 9.17) is 0 Å². The second kappa shape index (κ2) is 8.93. The Hall–Kier alpha value is -1.50. The number of ether oxygens (including phenoxy) is 1. The van der Waals surface area contributed by atoms with Crippen LogP contribution in [0.3, 0.4) is 0 Å². The fourth-order valence-electron chi connectivity index (χ4n) is 2.95. The molecule has 2 rings (SSSR count). The van der Waals surface area contributed by atoms with Gasteiger partial charge in [0.15, 0.2) is 0 Å². The van der Waals surface area contributed by atoms with Crippen LogP contribution < -0.4 is 0 Å². The van der Waals surface area contributed by atoms with Gasteiger partial charge in [-0.25, -0.2) is 13.6 Å². The van der Waals surface area contributed by atoms with Crippen molar-refractivity contribution in [3.8, 4) is 0 Å². The number of esters is 1. The number of aryl methyl sites for hydroxylation is 1. The fraction of sp³-hybridized carbons (Fsp3) is 0.263. The summed E-state index contributed by atoms with van der Waals surface area (Å²) in [7, 11) is 0.966. The van der Waals surface area contributed by atoms with Gasteiger partial charge in [0.2, 0.25) is 5.60 Å². The Morgan fingerprint density at radius 1 is 1.19 bits per heavy atom. The van der Waals surface area contributed by atoms with Gasteiger partial charge in [0.1, 0.15) is 17.4 Å². The third-order valence-electron chi connectivity index (χ3n) is 3.97. The smallest absolute Gasteiger partial charge is 0.343 e. The summed E-state index contributed by atoms with van der Waals surface area (Å²) < 4.78 is 33.6. The molecule has 0 aliphatic rings. The summed E-state index contributed by atoms with van der Waals surface area (Å²) in [5.41, 5.74) is -3.31. The number of carbonyl (C=O) groups is 2. The van der Waals surface area contributed by atoms with E-state index >= 15 is 0 Å². The number of ketones is 1. The number of methoxy groups -OCH3 is 1. The van der Waals surface area contributed by atoms with E-state index in [1.54, 1.807) is 0 Å². The molecule has 7 heteroatoms. The number of benzene rings is 2. The van der Waals surface area contributed by atoms with Gasteiger partial charge in [-0.05, 0) is 31.5 Å². The molecule has 135 valence electrons. The largest absolute Gasteiger partial charge is 0.467 e. The zero-order valence-corrected chi connectivity index (χ0v) is 17.4. The molecule has 0 amide bonds. The summed E-state index contributed by atoms with van der Waals surface area (Å²) in [6.45, 7) is 2.59. The van der Waals surface area contributed by atoms with Crippen LogP contribution in [0.2, 0.25) is 0 Å². The number of Topliss-reactive ketones (excluding diaryl/α,β-unsaturated/α-hetero) is 1. The molecule has 1 radical (unpaired) electrons. The van der Waals surface area contributed by atoms with E-state index < -0.39 is 40.5 Å². The monoisotopic (exact) mass is 436 g/mol. The molecule has 0 saturated heterocycles. The minimum absolute atomic E-state index is 0. The summed E-state index contributed by atoms with van der Waals surface area (Å²) in [6, 6.07) is 10.5. The molecule has 2 atom stereocenters. The maximum absolute atomic E-state index is 14.5. The zero-order valence-electron chi connectivity index (χ0n) is 14.5. The number of rotatable bonds is 5. The van der Waals surface area contributed by atoms with Crippen molar-refractivity contribution in [3.63, 3.8) is 0 Å². The first-order valence-electron chi connectivity index (χ1n) is 7.46. The standard InChI is InChI=1S/C19H17F2O4.Y/c1-11-9-14(20)17(15(21)10-11)19(24,18(23)25-3)16(12(2)22)13-7-5-4-6-8-13;/h5-10,16,24H,1-3H3;/q-1;. The second-order valence-corrected chi connectivity index (χ2v) is 5.74. The van der Waals surface area contributed by atoms with Crippen molar-refractivity contribution in [2.75, 3.05) is 7.11 Å². The van der Waals surface area contributed by atoms with Crippen molar-refractivity contribution in [1.82, 2.24) is 0 Å². The Bertz CT molecular complexity index is 787. The molecular weight excluding hydrogens is 419 g/mol. The quantitative estimate of drug-likeness (QED) is 0.579. The van der Waals surface area contributed by atoms with Crippen LogP contribution in [-0.4, -0.2) is 24.0 Å². The molecule has 2 aromatic rings. The molecule has 0 bridgehead atoms. The van der Waals surface area contributed by atoms with Crippen LogP contribution in [0, 0.1) is 24.6 Å². The van der Waals surface area contributed by atoms with Crippen LogP contribution >= 0.6 is 0 Å². The Morgan fingerprint density at radius 3 is 2.12 bits per heavy atom. The first-order chi connectivity index (χ1) is 11.7. The van der Waals surface area contributed by atoms with Gasteiger partial charge in [-0.3, -0.25) is 4.79 Å². The van der Waals surface area contributed by atoms with E-state index in [9.17, 15) is 23.5 Å². The van der Waals surface area contributed by atoms with E-state index in [0.717, 1.165) is 26.2 Å². The zero-order chi connectivity index (χ0) is 18.8. The van der Waals surface area contributed by atoms with Gasteiger partial charge in [0.25, 0.3) is 0 Å². The Kier molecular flexibility index (Phi) is 7.75. The van der Waals surface area contributed by atoms with Crippen molar-refractivity contribution in [3.05, 3.63) is 70.8 Å². The van der Waals surface area contributed by atoms with E-state index in [1.807, 2.05) is 0 Å². The van der Waals surface area contributed by atoms with Crippen LogP contribution in [0.25, 0.3) is 0 Å². The van der Waals surface area contributed by atoms with Crippen LogP contribution in [0.1, 0.15) is 29.5 Å². The number of halogens is 2. The SMILES string of the molecule is COC(=O)C(O)(c1c(F)cc(C)cc1F)C(C(C)=O)c1cc[c-]cc1.[Y]. The molecule has 0 aliphatic carbocycles. The predicted molar refractivity (Wildman–Crippen MR) is 85.7 cm³/mol. The Balaban J connectivity index is 0.00000338. The van der Waals surface area contributed by atoms with Crippen molar-refractivity contribution in [2.45, 2.75) is 25.4 Å². The summed E-state index contributed by atoms with van der Waals surface area (Å²) >= 11 is 0. The fourth-order valence-corrected chi connectivity index (χ4v) is 2.95. The Morgan fingerprint density at radius 2 is 1.69 bits per heavy atom. The molecular formula is C19H17F2O4Y-. The normalized spacial score (nSPS) is 13.9. The van der Waals surface area contributed by atoms with Gasteiger partial charge < -0.3 is 9.84 Å². The molecule has 0 aliphatic heterocycles. The number of carbonyl (C=O) groups excluding carboxylic acids is 2. The average molecular weight is 436 g/mol. The molecule has 2 unspecified atom stereocenters. The molecule has 2 aromatic carbocycles. The van der Waals surface area contributed by atoms with E-state index in [-0.39, 0.29) is 43.8 Å². The van der Waals surface area contributed by atoms with Crippen LogP contribution in [-0.2, 0) is 52.6 Å². The topological polar surface area (TPSA) is 63.6 Å². The molecule has 0 fully saturated rings. The van der Waals surface area contributed by atoms with Gasteiger partial charge in [0.05, 0.1) is 18.6 Å². The minimum Gasteiger partial charge on any atom is -0.467 e. The van der Waals surface area contributed by atoms with Crippen molar-refractivity contribution >= 4 is 11.8 Å². The summed E-state index contributed by atoms with van der Waals surface area (Å²) in [4.78, 5) is 24.6. The van der Waals surface area contributed by atoms with Crippen LogP contribution in [0.5, 0.6) is 0 Å². The average Bonchev–Trinajstić information content (AvgIpc) is 2.53. The molecule has 0 heterocycles. The summed E-state index contributed by atoms with van der Waals surface area (Å²) in [6.07, 6.45) is 0. The van der Waals surface area contributed by atoms with Gasteiger partial charge in [-0.2, -0.15) is 30.3 Å². The van der Waals surface area contributed by atoms with Gasteiger partial charge in [-0.15, -0.1) is 5.56 Å².